The lowest BCUT2D eigenvalue weighted by Gasteiger charge is -2.24. The summed E-state index contributed by atoms with van der Waals surface area (Å²) in [7, 11) is 1.57. The van der Waals surface area contributed by atoms with Crippen LogP contribution in [0.5, 0.6) is 0 Å². The van der Waals surface area contributed by atoms with Gasteiger partial charge in [0, 0.05) is 24.4 Å². The third-order valence-electron chi connectivity index (χ3n) is 2.86. The Bertz CT molecular complexity index is 496. The Kier molecular flexibility index (Phi) is 7.14. The number of carboxylic acid groups (broad SMARTS) is 1. The minimum atomic E-state index is -1.12. The van der Waals surface area contributed by atoms with Gasteiger partial charge in [-0.3, -0.25) is 14.5 Å². The van der Waals surface area contributed by atoms with E-state index in [1.807, 2.05) is 0 Å². The fourth-order valence-corrected chi connectivity index (χ4v) is 2.03. The van der Waals surface area contributed by atoms with E-state index in [0.29, 0.717) is 30.2 Å². The first-order chi connectivity index (χ1) is 9.95. The van der Waals surface area contributed by atoms with Crippen molar-refractivity contribution in [2.45, 2.75) is 18.9 Å². The number of anilines is 1. The second kappa shape index (κ2) is 8.61. The monoisotopic (exact) mass is 314 g/mol. The molecule has 6 nitrogen and oxygen atoms in total. The zero-order valence-electron chi connectivity index (χ0n) is 11.8. The van der Waals surface area contributed by atoms with Crippen LogP contribution in [0.4, 0.5) is 5.69 Å². The number of amides is 1. The number of ether oxygens (including phenoxy) is 1. The molecule has 0 aliphatic carbocycles. The minimum Gasteiger partial charge on any atom is -0.480 e. The highest BCUT2D eigenvalue weighted by atomic mass is 35.5. The van der Waals surface area contributed by atoms with E-state index in [9.17, 15) is 9.59 Å². The molecule has 0 fully saturated rings. The van der Waals surface area contributed by atoms with Crippen molar-refractivity contribution in [2.75, 3.05) is 25.2 Å². The maximum Gasteiger partial charge on any atom is 0.323 e. The van der Waals surface area contributed by atoms with Gasteiger partial charge in [0.2, 0.25) is 5.91 Å². The Hall–Kier alpha value is -1.63. The van der Waals surface area contributed by atoms with E-state index in [4.69, 9.17) is 27.2 Å². The van der Waals surface area contributed by atoms with Gasteiger partial charge in [0.05, 0.1) is 6.04 Å². The second-order valence-corrected chi connectivity index (χ2v) is 4.98. The number of nitrogens with two attached hydrogens (primary N) is 1. The van der Waals surface area contributed by atoms with Crippen LogP contribution in [0, 0.1) is 0 Å². The highest BCUT2D eigenvalue weighted by Gasteiger charge is 2.24. The fraction of sp³-hybridized carbons (Fsp3) is 0.429. The van der Waals surface area contributed by atoms with E-state index in [0.717, 1.165) is 4.90 Å². The molecule has 0 heterocycles. The number of carboxylic acids is 1. The first-order valence-corrected chi connectivity index (χ1v) is 6.86. The summed E-state index contributed by atoms with van der Waals surface area (Å²) >= 11 is 5.88. The van der Waals surface area contributed by atoms with Gasteiger partial charge in [-0.15, -0.1) is 0 Å². The Morgan fingerprint density at radius 2 is 2.19 bits per heavy atom. The summed E-state index contributed by atoms with van der Waals surface area (Å²) in [6, 6.07) is 5.67. The van der Waals surface area contributed by atoms with Crippen LogP contribution in [0.25, 0.3) is 0 Å². The van der Waals surface area contributed by atoms with Gasteiger partial charge < -0.3 is 15.6 Å². The molecule has 0 aliphatic heterocycles. The van der Waals surface area contributed by atoms with Crippen molar-refractivity contribution >= 4 is 29.2 Å². The molecule has 1 aromatic carbocycles. The predicted molar refractivity (Wildman–Crippen MR) is 80.5 cm³/mol. The molecule has 0 bridgehead atoms. The molecule has 1 rings (SSSR count). The summed E-state index contributed by atoms with van der Waals surface area (Å²) in [4.78, 5) is 24.4. The summed E-state index contributed by atoms with van der Waals surface area (Å²) in [5, 5.41) is 9.39. The number of hydrogen-bond donors (Lipinski definition) is 2. The standard InChI is InChI=1S/C14H19ClN2O4/c1-21-7-3-6-12(16)14(20)17(9-13(18)19)11-5-2-4-10(15)8-11/h2,4-5,8,12H,3,6-7,9,16H2,1H3,(H,18,19). The lowest BCUT2D eigenvalue weighted by molar-refractivity contribution is -0.136. The van der Waals surface area contributed by atoms with Crippen molar-refractivity contribution < 1.29 is 19.4 Å². The van der Waals surface area contributed by atoms with E-state index >= 15 is 0 Å². The molecule has 0 aromatic heterocycles. The van der Waals surface area contributed by atoms with Crippen LogP contribution in [0.15, 0.2) is 24.3 Å². The van der Waals surface area contributed by atoms with E-state index in [1.54, 1.807) is 25.3 Å². The lowest BCUT2D eigenvalue weighted by Crippen LogP contribution is -2.46. The van der Waals surface area contributed by atoms with Crippen molar-refractivity contribution in [1.82, 2.24) is 0 Å². The fourth-order valence-electron chi connectivity index (χ4n) is 1.85. The maximum atomic E-state index is 12.3. The van der Waals surface area contributed by atoms with Crippen LogP contribution in [-0.2, 0) is 14.3 Å². The summed E-state index contributed by atoms with van der Waals surface area (Å²) in [6.45, 7) is 0.0359. The van der Waals surface area contributed by atoms with Crippen LogP contribution < -0.4 is 10.6 Å². The number of rotatable bonds is 8. The SMILES string of the molecule is COCCCC(N)C(=O)N(CC(=O)O)c1cccc(Cl)c1. The van der Waals surface area contributed by atoms with Crippen molar-refractivity contribution in [3.8, 4) is 0 Å². The van der Waals surface area contributed by atoms with Crippen molar-refractivity contribution in [3.63, 3.8) is 0 Å². The molecule has 1 aromatic rings. The molecule has 0 saturated carbocycles. The van der Waals surface area contributed by atoms with Crippen molar-refractivity contribution in [1.29, 1.82) is 0 Å². The number of methoxy groups -OCH3 is 1. The molecule has 7 heteroatoms. The molecule has 1 atom stereocenters. The van der Waals surface area contributed by atoms with E-state index in [1.165, 1.54) is 6.07 Å². The molecule has 21 heavy (non-hydrogen) atoms. The van der Waals surface area contributed by atoms with Gasteiger partial charge in [0.1, 0.15) is 6.54 Å². The molecule has 0 aliphatic rings. The van der Waals surface area contributed by atoms with Gasteiger partial charge in [-0.05, 0) is 31.0 Å². The molecule has 1 amide bonds. The number of carbonyl (C=O) groups excluding carboxylic acids is 1. The molecular weight excluding hydrogens is 296 g/mol. The molecule has 3 N–H and O–H groups in total. The topological polar surface area (TPSA) is 92.9 Å². The quantitative estimate of drug-likeness (QED) is 0.709. The molecule has 0 spiro atoms. The summed E-state index contributed by atoms with van der Waals surface area (Å²) < 4.78 is 4.91. The average Bonchev–Trinajstić information content (AvgIpc) is 2.44. The number of benzene rings is 1. The molecule has 0 saturated heterocycles. The highest BCUT2D eigenvalue weighted by molar-refractivity contribution is 6.31. The number of carbonyl (C=O) groups is 2. The van der Waals surface area contributed by atoms with Gasteiger partial charge in [0.25, 0.3) is 0 Å². The average molecular weight is 315 g/mol. The third-order valence-corrected chi connectivity index (χ3v) is 3.10. The van der Waals surface area contributed by atoms with Crippen LogP contribution in [0.1, 0.15) is 12.8 Å². The Labute approximate surface area is 128 Å². The van der Waals surface area contributed by atoms with Crippen LogP contribution in [0.2, 0.25) is 5.02 Å². The van der Waals surface area contributed by atoms with Gasteiger partial charge in [-0.2, -0.15) is 0 Å². The Balaban J connectivity index is 2.86. The van der Waals surface area contributed by atoms with Gasteiger partial charge in [-0.25, -0.2) is 0 Å². The molecule has 0 radical (unpaired) electrons. The highest BCUT2D eigenvalue weighted by Crippen LogP contribution is 2.20. The van der Waals surface area contributed by atoms with Gasteiger partial charge in [-0.1, -0.05) is 17.7 Å². The maximum absolute atomic E-state index is 12.3. The third kappa shape index (κ3) is 5.71. The summed E-state index contributed by atoms with van der Waals surface area (Å²) in [5.74, 6) is -1.57. The largest absolute Gasteiger partial charge is 0.480 e. The van der Waals surface area contributed by atoms with Crippen molar-refractivity contribution in [2.24, 2.45) is 5.73 Å². The van der Waals surface area contributed by atoms with Crippen LogP contribution >= 0.6 is 11.6 Å². The first kappa shape index (κ1) is 17.4. The van der Waals surface area contributed by atoms with E-state index in [2.05, 4.69) is 0 Å². The lowest BCUT2D eigenvalue weighted by atomic mass is 10.1. The number of halogens is 1. The molecular formula is C14H19ClN2O4. The zero-order chi connectivity index (χ0) is 15.8. The zero-order valence-corrected chi connectivity index (χ0v) is 12.5. The number of hydrogen-bond acceptors (Lipinski definition) is 4. The minimum absolute atomic E-state index is 0.414. The smallest absolute Gasteiger partial charge is 0.323 e. The Morgan fingerprint density at radius 3 is 2.76 bits per heavy atom. The predicted octanol–water partition coefficient (Wildman–Crippen LogP) is 1.51. The van der Waals surface area contributed by atoms with Gasteiger partial charge in [0.15, 0.2) is 0 Å². The number of nitrogens with zero attached hydrogens (tertiary/aromatic N) is 1. The van der Waals surface area contributed by atoms with E-state index < -0.39 is 24.5 Å². The summed E-state index contributed by atoms with van der Waals surface area (Å²) in [5.41, 5.74) is 6.25. The molecule has 1 unspecified atom stereocenters. The van der Waals surface area contributed by atoms with E-state index in [-0.39, 0.29) is 0 Å². The first-order valence-electron chi connectivity index (χ1n) is 6.49. The summed E-state index contributed by atoms with van der Waals surface area (Å²) in [6.07, 6.45) is 1.04. The normalized spacial score (nSPS) is 12.0. The van der Waals surface area contributed by atoms with Crippen LogP contribution in [0.3, 0.4) is 0 Å². The van der Waals surface area contributed by atoms with Gasteiger partial charge >= 0.3 is 5.97 Å². The van der Waals surface area contributed by atoms with Crippen LogP contribution in [-0.4, -0.2) is 43.3 Å². The molecule has 116 valence electrons. The Morgan fingerprint density at radius 1 is 1.48 bits per heavy atom. The van der Waals surface area contributed by atoms with Crippen molar-refractivity contribution in [3.05, 3.63) is 29.3 Å². The second-order valence-electron chi connectivity index (χ2n) is 4.54. The number of aliphatic carboxylic acids is 1.